The Kier molecular flexibility index (Phi) is 20.8. The molecule has 0 amide bonds. The van der Waals surface area contributed by atoms with E-state index in [1.807, 2.05) is 6.07 Å². The lowest BCUT2D eigenvalue weighted by Gasteiger charge is -2.19. The third kappa shape index (κ3) is 16.3. The maximum absolute atomic E-state index is 13.4. The van der Waals surface area contributed by atoms with E-state index in [-0.39, 0.29) is 12.2 Å². The van der Waals surface area contributed by atoms with E-state index < -0.39 is 12.6 Å². The van der Waals surface area contributed by atoms with E-state index in [0.717, 1.165) is 104 Å². The van der Waals surface area contributed by atoms with Crippen LogP contribution in [0.15, 0.2) is 54.6 Å². The van der Waals surface area contributed by atoms with Crippen LogP contribution in [0.2, 0.25) is 0 Å². The van der Waals surface area contributed by atoms with E-state index in [9.17, 15) is 18.0 Å². The highest BCUT2D eigenvalue weighted by atomic mass is 19.4. The highest BCUT2D eigenvalue weighted by molar-refractivity contribution is 6.11. The van der Waals surface area contributed by atoms with Crippen LogP contribution < -0.4 is 10.1 Å². The maximum atomic E-state index is 13.4. The fraction of sp³-hybridized carbons (Fsp3) is 0.600. The Hall–Kier alpha value is -3.61. The summed E-state index contributed by atoms with van der Waals surface area (Å²) < 4.78 is 43.7. The van der Waals surface area contributed by atoms with Gasteiger partial charge in [-0.05, 0) is 73.9 Å². The Balaban J connectivity index is 1.51. The Morgan fingerprint density at radius 2 is 1.26 bits per heavy atom. The number of carbonyl (C=O) groups excluding carboxylic acids is 1. The van der Waals surface area contributed by atoms with Crippen LogP contribution in [-0.4, -0.2) is 30.1 Å². The summed E-state index contributed by atoms with van der Waals surface area (Å²) in [5.41, 5.74) is 6.67. The van der Waals surface area contributed by atoms with Crippen molar-refractivity contribution in [2.75, 3.05) is 18.5 Å². The number of anilines is 1. The van der Waals surface area contributed by atoms with E-state index >= 15 is 0 Å². The highest BCUT2D eigenvalue weighted by Crippen LogP contribution is 2.38. The van der Waals surface area contributed by atoms with E-state index in [2.05, 4.69) is 67.7 Å². The molecule has 0 saturated heterocycles. The topological polar surface area (TPSA) is 51.2 Å². The number of rotatable bonds is 30. The molecular weight excluding hydrogens is 718 g/mol. The largest absolute Gasteiger partial charge is 0.493 e. The number of alkyl halides is 3. The SMILES string of the molecule is CCCCCCCCCCOc1cc2cc3ccc(-c4ccccc4CCCCCCCCCC(F)(F)F)cc3nc2c(NCCCCCCCCC)c1C(C)=O. The molecule has 0 bridgehead atoms. The molecule has 0 saturated carbocycles. The van der Waals surface area contributed by atoms with Crippen molar-refractivity contribution < 1.29 is 22.7 Å². The van der Waals surface area contributed by atoms with Gasteiger partial charge in [-0.3, -0.25) is 4.79 Å². The molecule has 0 aliphatic rings. The molecule has 4 nitrogen and oxygen atoms in total. The van der Waals surface area contributed by atoms with Crippen molar-refractivity contribution in [1.82, 2.24) is 4.98 Å². The van der Waals surface area contributed by atoms with Crippen LogP contribution in [0, 0.1) is 0 Å². The van der Waals surface area contributed by atoms with Crippen LogP contribution in [0.3, 0.4) is 0 Å². The molecule has 3 aromatic carbocycles. The Bertz CT molecular complexity index is 1770. The molecule has 57 heavy (non-hydrogen) atoms. The number of Topliss-reactive ketones (excluding diaryl/α,β-unsaturated/α-hetero) is 1. The second-order valence-corrected chi connectivity index (χ2v) is 16.3. The molecule has 1 heterocycles. The first kappa shape index (κ1) is 46.1. The number of aromatic nitrogens is 1. The van der Waals surface area contributed by atoms with E-state index in [0.29, 0.717) is 24.3 Å². The first-order valence-electron chi connectivity index (χ1n) is 22.7. The molecule has 0 spiro atoms. The molecule has 0 fully saturated rings. The van der Waals surface area contributed by atoms with Crippen LogP contribution in [0.25, 0.3) is 32.9 Å². The molecule has 4 rings (SSSR count). The van der Waals surface area contributed by atoms with Gasteiger partial charge in [-0.2, -0.15) is 13.2 Å². The van der Waals surface area contributed by atoms with Gasteiger partial charge in [0, 0.05) is 23.7 Å². The van der Waals surface area contributed by atoms with Crippen LogP contribution in [0.4, 0.5) is 18.9 Å². The van der Waals surface area contributed by atoms with Crippen LogP contribution >= 0.6 is 0 Å². The molecule has 0 unspecified atom stereocenters. The second kappa shape index (κ2) is 25.7. The van der Waals surface area contributed by atoms with E-state index in [4.69, 9.17) is 9.72 Å². The molecule has 314 valence electrons. The minimum Gasteiger partial charge on any atom is -0.493 e. The van der Waals surface area contributed by atoms with E-state index in [1.165, 1.54) is 81.8 Å². The minimum atomic E-state index is -4.04. The van der Waals surface area contributed by atoms with Crippen molar-refractivity contribution in [3.05, 3.63) is 65.7 Å². The Morgan fingerprint density at radius 3 is 1.91 bits per heavy atom. The number of benzene rings is 3. The monoisotopic (exact) mass is 789 g/mol. The van der Waals surface area contributed by atoms with Gasteiger partial charge in [0.2, 0.25) is 0 Å². The molecule has 0 aliphatic heterocycles. The van der Waals surface area contributed by atoms with Gasteiger partial charge in [-0.15, -0.1) is 0 Å². The lowest BCUT2D eigenvalue weighted by atomic mass is 9.94. The third-order valence-corrected chi connectivity index (χ3v) is 11.3. The highest BCUT2D eigenvalue weighted by Gasteiger charge is 2.25. The number of pyridine rings is 1. The predicted molar refractivity (Wildman–Crippen MR) is 236 cm³/mol. The average molecular weight is 789 g/mol. The van der Waals surface area contributed by atoms with Gasteiger partial charge in [-0.25, -0.2) is 4.98 Å². The minimum absolute atomic E-state index is 0.0177. The zero-order valence-electron chi connectivity index (χ0n) is 35.5. The predicted octanol–water partition coefficient (Wildman–Crippen LogP) is 16.2. The second-order valence-electron chi connectivity index (χ2n) is 16.3. The van der Waals surface area contributed by atoms with Crippen molar-refractivity contribution in [1.29, 1.82) is 0 Å². The smallest absolute Gasteiger partial charge is 0.389 e. The molecule has 7 heteroatoms. The number of nitrogens with one attached hydrogen (secondary N) is 1. The van der Waals surface area contributed by atoms with Crippen molar-refractivity contribution in [2.45, 2.75) is 181 Å². The number of carbonyl (C=O) groups is 1. The van der Waals surface area contributed by atoms with Crippen LogP contribution in [0.1, 0.15) is 184 Å². The van der Waals surface area contributed by atoms with Gasteiger partial charge in [0.05, 0.1) is 28.9 Å². The Labute approximate surface area is 342 Å². The third-order valence-electron chi connectivity index (χ3n) is 11.3. The molecule has 0 atom stereocenters. The Morgan fingerprint density at radius 1 is 0.667 bits per heavy atom. The average Bonchev–Trinajstić information content (AvgIpc) is 3.19. The van der Waals surface area contributed by atoms with Gasteiger partial charge in [0.1, 0.15) is 5.75 Å². The molecule has 4 aromatic rings. The molecule has 1 N–H and O–H groups in total. The molecule has 0 radical (unpaired) electrons. The summed E-state index contributed by atoms with van der Waals surface area (Å²) in [5, 5.41) is 5.69. The number of ketones is 1. The zero-order valence-corrected chi connectivity index (χ0v) is 35.5. The number of unbranched alkanes of at least 4 members (excludes halogenated alkanes) is 19. The number of fused-ring (bicyclic) bond motifs is 2. The van der Waals surface area contributed by atoms with Gasteiger partial charge in [-0.1, -0.05) is 166 Å². The lowest BCUT2D eigenvalue weighted by Crippen LogP contribution is -2.11. The van der Waals surface area contributed by atoms with Gasteiger partial charge in [0.25, 0.3) is 0 Å². The maximum Gasteiger partial charge on any atom is 0.389 e. The van der Waals surface area contributed by atoms with Crippen molar-refractivity contribution >= 4 is 33.3 Å². The van der Waals surface area contributed by atoms with Gasteiger partial charge >= 0.3 is 6.18 Å². The number of halogens is 3. The summed E-state index contributed by atoms with van der Waals surface area (Å²) in [4.78, 5) is 18.7. The fourth-order valence-corrected chi connectivity index (χ4v) is 8.01. The normalized spacial score (nSPS) is 11.8. The summed E-state index contributed by atoms with van der Waals surface area (Å²) >= 11 is 0. The number of nitrogens with zero attached hydrogens (tertiary/aromatic N) is 1. The van der Waals surface area contributed by atoms with Crippen LogP contribution in [-0.2, 0) is 6.42 Å². The molecule has 0 aliphatic carbocycles. The number of aryl methyl sites for hydroxylation is 1. The first-order valence-corrected chi connectivity index (χ1v) is 22.7. The molecule has 1 aromatic heterocycles. The summed E-state index contributed by atoms with van der Waals surface area (Å²) in [5.74, 6) is 0.629. The van der Waals surface area contributed by atoms with Crippen LogP contribution in [0.5, 0.6) is 5.75 Å². The summed E-state index contributed by atoms with van der Waals surface area (Å²) in [6, 6.07) is 19.3. The fourth-order valence-electron chi connectivity index (χ4n) is 8.01. The lowest BCUT2D eigenvalue weighted by molar-refractivity contribution is -0.135. The standard InChI is InChI=1S/C50H71F3N2O2/c1-4-6-8-10-12-17-21-27-35-57-46-38-43-36-42-32-31-41(44-30-24-23-29-40(44)28-22-18-14-13-15-19-25-33-50(51,52)53)37-45(42)55-48(43)49(47(46)39(3)56)54-34-26-20-16-11-9-7-5-2/h23-24,29-32,36-38,54H,4-22,25-28,33-35H2,1-3H3. The zero-order chi connectivity index (χ0) is 40.7. The van der Waals surface area contributed by atoms with Gasteiger partial charge in [0.15, 0.2) is 5.78 Å². The van der Waals surface area contributed by atoms with Gasteiger partial charge < -0.3 is 10.1 Å². The van der Waals surface area contributed by atoms with Crippen molar-refractivity contribution in [2.24, 2.45) is 0 Å². The van der Waals surface area contributed by atoms with Crippen molar-refractivity contribution in [3.63, 3.8) is 0 Å². The number of ether oxygens (including phenoxy) is 1. The number of hydrogen-bond acceptors (Lipinski definition) is 4. The first-order chi connectivity index (χ1) is 27.7. The van der Waals surface area contributed by atoms with Crippen molar-refractivity contribution in [3.8, 4) is 16.9 Å². The quantitative estimate of drug-likeness (QED) is 0.0325. The summed E-state index contributed by atoms with van der Waals surface area (Å²) in [6.45, 7) is 7.50. The summed E-state index contributed by atoms with van der Waals surface area (Å²) in [6.07, 6.45) is 20.5. The summed E-state index contributed by atoms with van der Waals surface area (Å²) in [7, 11) is 0. The van der Waals surface area contributed by atoms with E-state index in [1.54, 1.807) is 6.92 Å². The number of hydrogen-bond donors (Lipinski definition) is 1. The molecular formula is C50H71F3N2O2.